The van der Waals surface area contributed by atoms with E-state index in [1.807, 2.05) is 12.1 Å². The average Bonchev–Trinajstić information content (AvgIpc) is 2.89. The van der Waals surface area contributed by atoms with Gasteiger partial charge in [-0.05, 0) is 37.8 Å². The van der Waals surface area contributed by atoms with Gasteiger partial charge in [0.15, 0.2) is 5.82 Å². The fourth-order valence-corrected chi connectivity index (χ4v) is 2.74. The summed E-state index contributed by atoms with van der Waals surface area (Å²) in [5, 5.41) is 3.74. The van der Waals surface area contributed by atoms with Crippen LogP contribution in [-0.2, 0) is 17.8 Å². The molecule has 0 unspecified atom stereocenters. The predicted octanol–water partition coefficient (Wildman–Crippen LogP) is 3.08. The van der Waals surface area contributed by atoms with Gasteiger partial charge in [-0.15, -0.1) is 0 Å². The first-order valence-electron chi connectivity index (χ1n) is 8.14. The largest absolute Gasteiger partial charge is 0.464 e. The van der Waals surface area contributed by atoms with Gasteiger partial charge in [0.25, 0.3) is 0 Å². The Morgan fingerprint density at radius 1 is 1.43 bits per heavy atom. The molecule has 23 heavy (non-hydrogen) atoms. The summed E-state index contributed by atoms with van der Waals surface area (Å²) in [5.74, 6) is 4.51. The highest BCUT2D eigenvalue weighted by Crippen LogP contribution is 2.47. The standard InChI is InChI=1S/C17H23N3O3/c1-11-9-14(11)15-8-7-13(22-15)10-20(3)17(21)6-4-5-16-18-12(2)19-23-16/h7-8,11,14H,4-6,9-10H2,1-3H3/t11-,14+/m1/s1. The molecule has 6 heteroatoms. The first-order valence-corrected chi connectivity index (χ1v) is 8.14. The zero-order valence-electron chi connectivity index (χ0n) is 13.9. The topological polar surface area (TPSA) is 72.4 Å². The zero-order valence-corrected chi connectivity index (χ0v) is 13.9. The van der Waals surface area contributed by atoms with Crippen molar-refractivity contribution in [3.8, 4) is 0 Å². The van der Waals surface area contributed by atoms with E-state index in [4.69, 9.17) is 8.94 Å². The molecule has 2 aromatic rings. The Hall–Kier alpha value is -2.11. The van der Waals surface area contributed by atoms with Crippen LogP contribution in [0.3, 0.4) is 0 Å². The zero-order chi connectivity index (χ0) is 16.4. The lowest BCUT2D eigenvalue weighted by molar-refractivity contribution is -0.130. The molecule has 0 radical (unpaired) electrons. The maximum Gasteiger partial charge on any atom is 0.226 e. The van der Waals surface area contributed by atoms with Gasteiger partial charge in [-0.1, -0.05) is 12.1 Å². The van der Waals surface area contributed by atoms with Crippen molar-refractivity contribution in [3.63, 3.8) is 0 Å². The molecule has 6 nitrogen and oxygen atoms in total. The summed E-state index contributed by atoms with van der Waals surface area (Å²) < 4.78 is 10.9. The van der Waals surface area contributed by atoms with E-state index in [-0.39, 0.29) is 5.91 Å². The van der Waals surface area contributed by atoms with E-state index in [1.165, 1.54) is 6.42 Å². The van der Waals surface area contributed by atoms with E-state index in [2.05, 4.69) is 17.1 Å². The second-order valence-corrected chi connectivity index (χ2v) is 6.46. The van der Waals surface area contributed by atoms with Gasteiger partial charge in [-0.3, -0.25) is 4.79 Å². The Bertz CT molecular complexity index is 676. The van der Waals surface area contributed by atoms with Crippen molar-refractivity contribution < 1.29 is 13.7 Å². The van der Waals surface area contributed by atoms with Crippen molar-refractivity contribution in [2.24, 2.45) is 5.92 Å². The van der Waals surface area contributed by atoms with Gasteiger partial charge in [0.1, 0.15) is 11.5 Å². The quantitative estimate of drug-likeness (QED) is 0.784. The van der Waals surface area contributed by atoms with E-state index >= 15 is 0 Å². The lowest BCUT2D eigenvalue weighted by atomic mass is 10.2. The number of nitrogens with zero attached hydrogens (tertiary/aromatic N) is 3. The van der Waals surface area contributed by atoms with Crippen LogP contribution >= 0.6 is 0 Å². The van der Waals surface area contributed by atoms with Crippen molar-refractivity contribution in [3.05, 3.63) is 35.4 Å². The number of hydrogen-bond acceptors (Lipinski definition) is 5. The number of aromatic nitrogens is 2. The van der Waals surface area contributed by atoms with Crippen LogP contribution in [0.2, 0.25) is 0 Å². The van der Waals surface area contributed by atoms with E-state index in [0.717, 1.165) is 17.4 Å². The highest BCUT2D eigenvalue weighted by molar-refractivity contribution is 5.75. The van der Waals surface area contributed by atoms with Gasteiger partial charge in [0.2, 0.25) is 11.8 Å². The summed E-state index contributed by atoms with van der Waals surface area (Å²) in [5.41, 5.74) is 0. The molecular weight excluding hydrogens is 294 g/mol. The van der Waals surface area contributed by atoms with Gasteiger partial charge < -0.3 is 13.8 Å². The Morgan fingerprint density at radius 2 is 2.22 bits per heavy atom. The fourth-order valence-electron chi connectivity index (χ4n) is 2.74. The van der Waals surface area contributed by atoms with E-state index in [9.17, 15) is 4.79 Å². The number of carbonyl (C=O) groups is 1. The molecule has 1 aliphatic rings. The van der Waals surface area contributed by atoms with Crippen molar-refractivity contribution >= 4 is 5.91 Å². The molecule has 0 aromatic carbocycles. The van der Waals surface area contributed by atoms with Gasteiger partial charge in [-0.25, -0.2) is 0 Å². The Kier molecular flexibility index (Phi) is 4.50. The monoisotopic (exact) mass is 317 g/mol. The third kappa shape index (κ3) is 4.00. The Morgan fingerprint density at radius 3 is 2.87 bits per heavy atom. The molecule has 2 heterocycles. The summed E-state index contributed by atoms with van der Waals surface area (Å²) in [6.45, 7) is 4.53. The SMILES string of the molecule is Cc1noc(CCCC(=O)N(C)Cc2ccc([C@H]3C[C@H]3C)o2)n1. The van der Waals surface area contributed by atoms with Crippen molar-refractivity contribution in [1.29, 1.82) is 0 Å². The highest BCUT2D eigenvalue weighted by atomic mass is 16.5. The number of hydrogen-bond donors (Lipinski definition) is 0. The minimum atomic E-state index is 0.0963. The van der Waals surface area contributed by atoms with Crippen LogP contribution in [0.5, 0.6) is 0 Å². The minimum Gasteiger partial charge on any atom is -0.464 e. The molecule has 1 amide bonds. The van der Waals surface area contributed by atoms with E-state index < -0.39 is 0 Å². The summed E-state index contributed by atoms with van der Waals surface area (Å²) >= 11 is 0. The summed E-state index contributed by atoms with van der Waals surface area (Å²) in [7, 11) is 1.81. The first kappa shape index (κ1) is 15.8. The number of furan rings is 1. The molecule has 0 N–H and O–H groups in total. The van der Waals surface area contributed by atoms with Crippen molar-refractivity contribution in [2.75, 3.05) is 7.05 Å². The average molecular weight is 317 g/mol. The van der Waals surface area contributed by atoms with Crippen LogP contribution < -0.4 is 0 Å². The number of amides is 1. The van der Waals surface area contributed by atoms with Crippen LogP contribution in [-0.4, -0.2) is 28.0 Å². The summed E-state index contributed by atoms with van der Waals surface area (Å²) in [6.07, 6.45) is 3.00. The molecule has 1 saturated carbocycles. The maximum atomic E-state index is 12.2. The predicted molar refractivity (Wildman–Crippen MR) is 83.7 cm³/mol. The second kappa shape index (κ2) is 6.56. The molecule has 1 fully saturated rings. The van der Waals surface area contributed by atoms with Crippen molar-refractivity contribution in [1.82, 2.24) is 15.0 Å². The normalized spacial score (nSPS) is 19.8. The molecule has 0 spiro atoms. The first-order chi connectivity index (χ1) is 11.0. The third-order valence-corrected chi connectivity index (χ3v) is 4.33. The van der Waals surface area contributed by atoms with Gasteiger partial charge in [0.05, 0.1) is 6.54 Å². The van der Waals surface area contributed by atoms with Crippen LogP contribution in [0, 0.1) is 12.8 Å². The van der Waals surface area contributed by atoms with Crippen LogP contribution in [0.1, 0.15) is 55.3 Å². The molecular formula is C17H23N3O3. The van der Waals surface area contributed by atoms with Crippen LogP contribution in [0.25, 0.3) is 0 Å². The molecule has 0 saturated heterocycles. The smallest absolute Gasteiger partial charge is 0.226 e. The fraction of sp³-hybridized carbons (Fsp3) is 0.588. The van der Waals surface area contributed by atoms with Gasteiger partial charge in [0, 0.05) is 25.8 Å². The van der Waals surface area contributed by atoms with E-state index in [0.29, 0.717) is 43.4 Å². The molecule has 2 atom stereocenters. The molecule has 124 valence electrons. The van der Waals surface area contributed by atoms with Crippen LogP contribution in [0.4, 0.5) is 0 Å². The lowest BCUT2D eigenvalue weighted by Crippen LogP contribution is -2.25. The maximum absolute atomic E-state index is 12.2. The third-order valence-electron chi connectivity index (χ3n) is 4.33. The van der Waals surface area contributed by atoms with Crippen molar-refractivity contribution in [2.45, 2.75) is 52.0 Å². The second-order valence-electron chi connectivity index (χ2n) is 6.46. The summed E-state index contributed by atoms with van der Waals surface area (Å²) in [4.78, 5) is 18.0. The molecule has 0 bridgehead atoms. The minimum absolute atomic E-state index is 0.0963. The van der Waals surface area contributed by atoms with Gasteiger partial charge in [-0.2, -0.15) is 4.98 Å². The van der Waals surface area contributed by atoms with Gasteiger partial charge >= 0.3 is 0 Å². The Labute approximate surface area is 135 Å². The number of rotatable bonds is 7. The van der Waals surface area contributed by atoms with Crippen LogP contribution in [0.15, 0.2) is 21.1 Å². The molecule has 0 aliphatic heterocycles. The number of carbonyl (C=O) groups excluding carboxylic acids is 1. The van der Waals surface area contributed by atoms with E-state index in [1.54, 1.807) is 18.9 Å². The molecule has 3 rings (SSSR count). The summed E-state index contributed by atoms with van der Waals surface area (Å²) in [6, 6.07) is 4.02. The molecule has 2 aromatic heterocycles. The molecule has 1 aliphatic carbocycles. The Balaban J connectivity index is 1.43. The lowest BCUT2D eigenvalue weighted by Gasteiger charge is -2.15. The number of aryl methyl sites for hydroxylation is 2. The highest BCUT2D eigenvalue weighted by Gasteiger charge is 2.36.